The lowest BCUT2D eigenvalue weighted by Gasteiger charge is -2.10. The number of hydrogen-bond acceptors (Lipinski definition) is 3. The van der Waals surface area contributed by atoms with Gasteiger partial charge in [0.15, 0.2) is 0 Å². The topological polar surface area (TPSA) is 91.7 Å². The van der Waals surface area contributed by atoms with Crippen LogP contribution in [0.4, 0.5) is 0 Å². The molecule has 0 amide bonds. The average molecular weight is 411 g/mol. The Morgan fingerprint density at radius 2 is 1.21 bits per heavy atom. The highest BCUT2D eigenvalue weighted by Gasteiger charge is 2.25. The Balaban J connectivity index is 3.60. The van der Waals surface area contributed by atoms with Crippen LogP contribution in [0.2, 0.25) is 0 Å². The molecule has 1 atom stereocenters. The zero-order chi connectivity index (χ0) is 21.7. The summed E-state index contributed by atoms with van der Waals surface area (Å²) in [6, 6.07) is 0. The molecule has 0 aromatic heterocycles. The van der Waals surface area contributed by atoms with Crippen molar-refractivity contribution in [1.29, 1.82) is 0 Å². The highest BCUT2D eigenvalue weighted by Crippen LogP contribution is 2.16. The number of Topliss-reactive ketones (excluding diaryl/α,β-unsaturated/α-hetero) is 1. The minimum atomic E-state index is -1.13. The van der Waals surface area contributed by atoms with Gasteiger partial charge in [-0.25, -0.2) is 0 Å². The van der Waals surface area contributed by atoms with Crippen molar-refractivity contribution in [2.24, 2.45) is 5.92 Å². The van der Waals surface area contributed by atoms with Gasteiger partial charge < -0.3 is 10.2 Å². The van der Waals surface area contributed by atoms with Crippen LogP contribution in [0.1, 0.15) is 116 Å². The van der Waals surface area contributed by atoms with Gasteiger partial charge in [-0.2, -0.15) is 0 Å². The SMILES string of the molecule is CCCCCCCC/C=C\CCCCCCCC(=O)C(CCCC(=O)O)C(=O)O. The van der Waals surface area contributed by atoms with Crippen LogP contribution >= 0.6 is 0 Å². The second-order valence-corrected chi connectivity index (χ2v) is 7.98. The molecule has 0 heterocycles. The molecule has 29 heavy (non-hydrogen) atoms. The Hall–Kier alpha value is -1.65. The second-order valence-electron chi connectivity index (χ2n) is 7.98. The van der Waals surface area contributed by atoms with Crippen LogP contribution in [0, 0.1) is 5.92 Å². The molecule has 0 radical (unpaired) electrons. The minimum Gasteiger partial charge on any atom is -0.481 e. The van der Waals surface area contributed by atoms with Crippen molar-refractivity contribution < 1.29 is 24.6 Å². The Morgan fingerprint density at radius 3 is 1.72 bits per heavy atom. The zero-order valence-electron chi connectivity index (χ0n) is 18.4. The highest BCUT2D eigenvalue weighted by atomic mass is 16.4. The fourth-order valence-electron chi connectivity index (χ4n) is 3.42. The Bertz CT molecular complexity index is 470. The van der Waals surface area contributed by atoms with Gasteiger partial charge in [0, 0.05) is 12.8 Å². The second kappa shape index (κ2) is 19.7. The lowest BCUT2D eigenvalue weighted by Crippen LogP contribution is -2.24. The predicted octanol–water partition coefficient (Wildman–Crippen LogP) is 6.55. The van der Waals surface area contributed by atoms with Gasteiger partial charge in [0.2, 0.25) is 0 Å². The summed E-state index contributed by atoms with van der Waals surface area (Å²) >= 11 is 0. The Kier molecular flexibility index (Phi) is 18.5. The van der Waals surface area contributed by atoms with Gasteiger partial charge in [0.25, 0.3) is 0 Å². The first kappa shape index (κ1) is 27.4. The van der Waals surface area contributed by atoms with Crippen molar-refractivity contribution in [2.45, 2.75) is 116 Å². The number of hydrogen-bond donors (Lipinski definition) is 2. The molecule has 5 heteroatoms. The van der Waals surface area contributed by atoms with E-state index in [4.69, 9.17) is 10.2 Å². The summed E-state index contributed by atoms with van der Waals surface area (Å²) in [6.07, 6.45) is 20.4. The normalized spacial score (nSPS) is 12.3. The van der Waals surface area contributed by atoms with E-state index in [0.717, 1.165) is 38.5 Å². The summed E-state index contributed by atoms with van der Waals surface area (Å²) in [4.78, 5) is 33.8. The molecule has 0 spiro atoms. The molecule has 0 bridgehead atoms. The van der Waals surface area contributed by atoms with E-state index in [0.29, 0.717) is 0 Å². The number of carbonyl (C=O) groups is 3. The standard InChI is InChI=1S/C24H42O5/c1-2-3-4-5-6-7-8-9-10-11-12-13-14-15-16-19-22(25)21(24(28)29)18-17-20-23(26)27/h9-10,21H,2-8,11-20H2,1H3,(H,26,27)(H,28,29)/b10-9-. The molecule has 2 N–H and O–H groups in total. The third-order valence-electron chi connectivity index (χ3n) is 5.26. The van der Waals surface area contributed by atoms with E-state index in [2.05, 4.69) is 19.1 Å². The molecule has 5 nitrogen and oxygen atoms in total. The molecule has 168 valence electrons. The molecule has 0 aliphatic carbocycles. The van der Waals surface area contributed by atoms with Gasteiger partial charge in [-0.1, -0.05) is 70.4 Å². The van der Waals surface area contributed by atoms with Crippen LogP contribution in [0.15, 0.2) is 12.2 Å². The lowest BCUT2D eigenvalue weighted by molar-refractivity contribution is -0.147. The van der Waals surface area contributed by atoms with E-state index in [1.54, 1.807) is 0 Å². The number of allylic oxidation sites excluding steroid dienone is 2. The van der Waals surface area contributed by atoms with Crippen molar-refractivity contribution in [2.75, 3.05) is 0 Å². The van der Waals surface area contributed by atoms with Gasteiger partial charge in [-0.15, -0.1) is 0 Å². The van der Waals surface area contributed by atoms with Crippen molar-refractivity contribution in [3.05, 3.63) is 12.2 Å². The minimum absolute atomic E-state index is 0.0928. The van der Waals surface area contributed by atoms with E-state index in [9.17, 15) is 14.4 Å². The maximum absolute atomic E-state index is 12.1. The van der Waals surface area contributed by atoms with Crippen LogP contribution in [0.5, 0.6) is 0 Å². The summed E-state index contributed by atoms with van der Waals surface area (Å²) in [5.74, 6) is -3.40. The van der Waals surface area contributed by atoms with E-state index >= 15 is 0 Å². The largest absolute Gasteiger partial charge is 0.481 e. The van der Waals surface area contributed by atoms with Crippen molar-refractivity contribution >= 4 is 17.7 Å². The molecule has 1 unspecified atom stereocenters. The summed E-state index contributed by atoms with van der Waals surface area (Å²) in [7, 11) is 0. The first-order valence-electron chi connectivity index (χ1n) is 11.6. The van der Waals surface area contributed by atoms with Crippen LogP contribution in [0.25, 0.3) is 0 Å². The molecule has 0 aromatic rings. The smallest absolute Gasteiger partial charge is 0.314 e. The molecule has 0 saturated heterocycles. The average Bonchev–Trinajstić information content (AvgIpc) is 2.67. The van der Waals surface area contributed by atoms with Crippen molar-refractivity contribution in [3.63, 3.8) is 0 Å². The lowest BCUT2D eigenvalue weighted by atomic mass is 9.93. The number of ketones is 1. The number of aliphatic carboxylic acids is 2. The quantitative estimate of drug-likeness (QED) is 0.127. The highest BCUT2D eigenvalue weighted by molar-refractivity contribution is 5.98. The van der Waals surface area contributed by atoms with Crippen molar-refractivity contribution in [1.82, 2.24) is 0 Å². The van der Waals surface area contributed by atoms with E-state index in [1.807, 2.05) is 0 Å². The molecule has 0 fully saturated rings. The number of carboxylic acid groups (broad SMARTS) is 2. The molecule has 0 aliphatic rings. The summed E-state index contributed by atoms with van der Waals surface area (Å²) in [6.45, 7) is 2.24. The van der Waals surface area contributed by atoms with Gasteiger partial charge in [-0.3, -0.25) is 14.4 Å². The number of rotatable bonds is 21. The van der Waals surface area contributed by atoms with Crippen LogP contribution < -0.4 is 0 Å². The van der Waals surface area contributed by atoms with E-state index in [1.165, 1.54) is 44.9 Å². The Morgan fingerprint density at radius 1 is 0.690 bits per heavy atom. The zero-order valence-corrected chi connectivity index (χ0v) is 18.4. The van der Waals surface area contributed by atoms with Gasteiger partial charge in [0.1, 0.15) is 11.7 Å². The maximum Gasteiger partial charge on any atom is 0.314 e. The first-order chi connectivity index (χ1) is 14.0. The third-order valence-corrected chi connectivity index (χ3v) is 5.26. The maximum atomic E-state index is 12.1. The summed E-state index contributed by atoms with van der Waals surface area (Å²) in [5.41, 5.74) is 0. The van der Waals surface area contributed by atoms with Crippen LogP contribution in [0.3, 0.4) is 0 Å². The van der Waals surface area contributed by atoms with E-state index < -0.39 is 17.9 Å². The van der Waals surface area contributed by atoms with Crippen molar-refractivity contribution in [3.8, 4) is 0 Å². The summed E-state index contributed by atoms with van der Waals surface area (Å²) in [5, 5.41) is 17.8. The van der Waals surface area contributed by atoms with Gasteiger partial charge in [-0.05, 0) is 44.9 Å². The number of unbranched alkanes of at least 4 members (excludes halogenated alkanes) is 11. The summed E-state index contributed by atoms with van der Waals surface area (Å²) < 4.78 is 0. The molecular formula is C24H42O5. The Labute approximate surface area is 177 Å². The van der Waals surface area contributed by atoms with Crippen LogP contribution in [-0.4, -0.2) is 27.9 Å². The third kappa shape index (κ3) is 18.1. The molecule has 0 saturated carbocycles. The molecular weight excluding hydrogens is 368 g/mol. The van der Waals surface area contributed by atoms with E-state index in [-0.39, 0.29) is 31.5 Å². The molecule has 0 aromatic carbocycles. The molecule has 0 aliphatic heterocycles. The predicted molar refractivity (Wildman–Crippen MR) is 117 cm³/mol. The first-order valence-corrected chi connectivity index (χ1v) is 11.6. The number of carboxylic acids is 2. The monoisotopic (exact) mass is 410 g/mol. The molecule has 0 rings (SSSR count). The van der Waals surface area contributed by atoms with Crippen LogP contribution in [-0.2, 0) is 14.4 Å². The number of carbonyl (C=O) groups excluding carboxylic acids is 1. The van der Waals surface area contributed by atoms with Gasteiger partial charge in [0.05, 0.1) is 0 Å². The van der Waals surface area contributed by atoms with Gasteiger partial charge >= 0.3 is 11.9 Å². The fraction of sp³-hybridized carbons (Fsp3) is 0.792. The fourth-order valence-corrected chi connectivity index (χ4v) is 3.42.